The van der Waals surface area contributed by atoms with Crippen LogP contribution in [0.2, 0.25) is 5.02 Å². The second-order valence-corrected chi connectivity index (χ2v) is 5.07. The van der Waals surface area contributed by atoms with Crippen molar-refractivity contribution in [3.8, 4) is 0 Å². The zero-order chi connectivity index (χ0) is 15.4. The number of hydrogen-bond donors (Lipinski definition) is 2. The molecular weight excluding hydrogens is 318 g/mol. The maximum Gasteiger partial charge on any atom is 0.298 e. The maximum atomic E-state index is 10.9. The van der Waals surface area contributed by atoms with Crippen molar-refractivity contribution < 1.29 is 10.1 Å². The largest absolute Gasteiger partial charge is 0.409 e. The standard InChI is InChI=1S/C11H8ClN5O3S/c12-6-2-1-5-14-11(6)21-8-4-3-7(17(19)20)9(15-8)10(13)16-18/h1-5,18H,(H2,13,16). The predicted octanol–water partition coefficient (Wildman–Crippen LogP) is 2.28. The fourth-order valence-corrected chi connectivity index (χ4v) is 2.41. The number of hydrogen-bond acceptors (Lipinski definition) is 7. The average Bonchev–Trinajstić information content (AvgIpc) is 2.48. The Morgan fingerprint density at radius 3 is 2.86 bits per heavy atom. The van der Waals surface area contributed by atoms with Crippen molar-refractivity contribution >= 4 is 34.9 Å². The van der Waals surface area contributed by atoms with Gasteiger partial charge in [-0.3, -0.25) is 10.1 Å². The van der Waals surface area contributed by atoms with Crippen LogP contribution in [0.5, 0.6) is 0 Å². The highest BCUT2D eigenvalue weighted by Crippen LogP contribution is 2.31. The zero-order valence-electron chi connectivity index (χ0n) is 10.3. The Hall–Kier alpha value is -2.39. The lowest BCUT2D eigenvalue weighted by molar-refractivity contribution is -0.385. The number of oxime groups is 1. The molecule has 0 bridgehead atoms. The predicted molar refractivity (Wildman–Crippen MR) is 76.8 cm³/mol. The summed E-state index contributed by atoms with van der Waals surface area (Å²) in [5.74, 6) is -0.448. The summed E-state index contributed by atoms with van der Waals surface area (Å²) in [5.41, 5.74) is 4.83. The Morgan fingerprint density at radius 2 is 2.24 bits per heavy atom. The van der Waals surface area contributed by atoms with Gasteiger partial charge in [-0.25, -0.2) is 9.97 Å². The molecule has 2 rings (SSSR count). The Balaban J connectivity index is 2.43. The minimum atomic E-state index is -0.664. The van der Waals surface area contributed by atoms with E-state index in [1.807, 2.05) is 0 Å². The van der Waals surface area contributed by atoms with Gasteiger partial charge in [0.25, 0.3) is 5.69 Å². The van der Waals surface area contributed by atoms with Crippen LogP contribution >= 0.6 is 23.4 Å². The molecule has 21 heavy (non-hydrogen) atoms. The van der Waals surface area contributed by atoms with Crippen LogP contribution in [0, 0.1) is 10.1 Å². The van der Waals surface area contributed by atoms with Crippen LogP contribution in [0.25, 0.3) is 0 Å². The Bertz CT molecular complexity index is 725. The number of aromatic nitrogens is 2. The van der Waals surface area contributed by atoms with E-state index in [9.17, 15) is 10.1 Å². The van der Waals surface area contributed by atoms with E-state index in [1.54, 1.807) is 18.3 Å². The molecule has 0 radical (unpaired) electrons. The van der Waals surface area contributed by atoms with E-state index >= 15 is 0 Å². The summed E-state index contributed by atoms with van der Waals surface area (Å²) < 4.78 is 0. The Morgan fingerprint density at radius 1 is 1.48 bits per heavy atom. The van der Waals surface area contributed by atoms with Gasteiger partial charge < -0.3 is 10.9 Å². The summed E-state index contributed by atoms with van der Waals surface area (Å²) in [6, 6.07) is 5.99. The quantitative estimate of drug-likeness (QED) is 0.290. The fraction of sp³-hybridized carbons (Fsp3) is 0. The van der Waals surface area contributed by atoms with Crippen LogP contribution < -0.4 is 5.73 Å². The fourth-order valence-electron chi connectivity index (χ4n) is 1.42. The van der Waals surface area contributed by atoms with Crippen molar-refractivity contribution in [2.75, 3.05) is 0 Å². The summed E-state index contributed by atoms with van der Waals surface area (Å²) in [4.78, 5) is 18.3. The first-order valence-corrected chi connectivity index (χ1v) is 6.64. The molecule has 2 aromatic heterocycles. The van der Waals surface area contributed by atoms with Gasteiger partial charge in [-0.2, -0.15) is 0 Å². The molecule has 2 aromatic rings. The van der Waals surface area contributed by atoms with Gasteiger partial charge in [0.05, 0.1) is 9.95 Å². The number of pyridine rings is 2. The molecule has 2 heterocycles. The summed E-state index contributed by atoms with van der Waals surface area (Å²) in [7, 11) is 0. The summed E-state index contributed by atoms with van der Waals surface area (Å²) in [6.07, 6.45) is 1.56. The minimum absolute atomic E-state index is 0.223. The van der Waals surface area contributed by atoms with E-state index < -0.39 is 10.8 Å². The highest BCUT2D eigenvalue weighted by atomic mass is 35.5. The van der Waals surface area contributed by atoms with Crippen LogP contribution in [-0.2, 0) is 0 Å². The molecule has 0 aromatic carbocycles. The van der Waals surface area contributed by atoms with Crippen molar-refractivity contribution in [1.82, 2.24) is 9.97 Å². The molecule has 8 nitrogen and oxygen atoms in total. The van der Waals surface area contributed by atoms with Gasteiger partial charge in [0, 0.05) is 12.3 Å². The number of nitrogens with zero attached hydrogens (tertiary/aromatic N) is 4. The van der Waals surface area contributed by atoms with Crippen molar-refractivity contribution in [3.05, 3.63) is 51.3 Å². The first-order chi connectivity index (χ1) is 10.0. The zero-order valence-corrected chi connectivity index (χ0v) is 11.9. The first-order valence-electron chi connectivity index (χ1n) is 5.44. The molecule has 0 spiro atoms. The second-order valence-electron chi connectivity index (χ2n) is 3.65. The van der Waals surface area contributed by atoms with Crippen LogP contribution in [0.4, 0.5) is 5.69 Å². The lowest BCUT2D eigenvalue weighted by atomic mass is 10.3. The molecule has 0 aliphatic heterocycles. The number of rotatable bonds is 4. The summed E-state index contributed by atoms with van der Waals surface area (Å²) >= 11 is 7.09. The van der Waals surface area contributed by atoms with E-state index in [1.165, 1.54) is 12.1 Å². The van der Waals surface area contributed by atoms with Gasteiger partial charge in [0.2, 0.25) is 0 Å². The van der Waals surface area contributed by atoms with Crippen molar-refractivity contribution in [2.24, 2.45) is 10.9 Å². The average molecular weight is 326 g/mol. The lowest BCUT2D eigenvalue weighted by Crippen LogP contribution is -2.17. The third kappa shape index (κ3) is 3.38. The molecule has 0 unspecified atom stereocenters. The molecule has 0 amide bonds. The van der Waals surface area contributed by atoms with E-state index in [0.717, 1.165) is 11.8 Å². The Labute approximate surface area is 127 Å². The third-order valence-corrected chi connectivity index (χ3v) is 3.69. The van der Waals surface area contributed by atoms with Crippen molar-refractivity contribution in [3.63, 3.8) is 0 Å². The molecule has 3 N–H and O–H groups in total. The molecule has 0 fully saturated rings. The van der Waals surface area contributed by atoms with Gasteiger partial charge in [-0.1, -0.05) is 16.8 Å². The van der Waals surface area contributed by atoms with Crippen molar-refractivity contribution in [1.29, 1.82) is 0 Å². The van der Waals surface area contributed by atoms with Gasteiger partial charge in [-0.15, -0.1) is 0 Å². The highest BCUT2D eigenvalue weighted by molar-refractivity contribution is 7.99. The number of nitro groups is 1. The van der Waals surface area contributed by atoms with Crippen LogP contribution in [0.15, 0.2) is 45.7 Å². The molecule has 0 aliphatic rings. The Kier molecular flexibility index (Phi) is 4.55. The van der Waals surface area contributed by atoms with Gasteiger partial charge >= 0.3 is 0 Å². The van der Waals surface area contributed by atoms with E-state index in [4.69, 9.17) is 22.5 Å². The second kappa shape index (κ2) is 6.37. The number of amidine groups is 1. The van der Waals surface area contributed by atoms with E-state index in [2.05, 4.69) is 15.1 Å². The van der Waals surface area contributed by atoms with E-state index in [0.29, 0.717) is 15.1 Å². The van der Waals surface area contributed by atoms with Gasteiger partial charge in [0.15, 0.2) is 11.5 Å². The monoisotopic (exact) mass is 325 g/mol. The van der Waals surface area contributed by atoms with Crippen molar-refractivity contribution in [2.45, 2.75) is 10.1 Å². The topological polar surface area (TPSA) is 128 Å². The number of nitrogens with two attached hydrogens (primary N) is 1. The summed E-state index contributed by atoms with van der Waals surface area (Å²) in [5, 5.41) is 23.6. The molecule has 108 valence electrons. The highest BCUT2D eigenvalue weighted by Gasteiger charge is 2.20. The van der Waals surface area contributed by atoms with Crippen LogP contribution in [0.1, 0.15) is 5.69 Å². The molecule has 0 saturated heterocycles. The normalized spacial score (nSPS) is 11.4. The third-order valence-electron chi connectivity index (χ3n) is 2.32. The SMILES string of the molecule is N/C(=N/O)c1nc(Sc2ncccc2Cl)ccc1[N+](=O)[O-]. The summed E-state index contributed by atoms with van der Waals surface area (Å²) in [6.45, 7) is 0. The molecule has 0 aliphatic carbocycles. The van der Waals surface area contributed by atoms with Crippen LogP contribution in [-0.4, -0.2) is 25.9 Å². The molecule has 0 saturated carbocycles. The van der Waals surface area contributed by atoms with Gasteiger partial charge in [-0.05, 0) is 30.0 Å². The molecule has 10 heteroatoms. The molecular formula is C11H8ClN5O3S. The minimum Gasteiger partial charge on any atom is -0.409 e. The lowest BCUT2D eigenvalue weighted by Gasteiger charge is -2.05. The van der Waals surface area contributed by atoms with E-state index in [-0.39, 0.29) is 11.4 Å². The maximum absolute atomic E-state index is 10.9. The number of halogens is 1. The smallest absolute Gasteiger partial charge is 0.298 e. The van der Waals surface area contributed by atoms with Crippen LogP contribution in [0.3, 0.4) is 0 Å². The first kappa shape index (κ1) is 15.0. The molecule has 0 atom stereocenters. The van der Waals surface area contributed by atoms with Gasteiger partial charge in [0.1, 0.15) is 10.1 Å².